The first kappa shape index (κ1) is 10.9. The summed E-state index contributed by atoms with van der Waals surface area (Å²) in [6, 6.07) is 0. The zero-order valence-electron chi connectivity index (χ0n) is 7.79. The number of aliphatic hydroxyl groups is 1. The average Bonchev–Trinajstić information content (AvgIpc) is 2.01. The van der Waals surface area contributed by atoms with Crippen molar-refractivity contribution >= 4 is 0 Å². The molecule has 0 amide bonds. The Hall–Kier alpha value is -0.120. The highest BCUT2D eigenvalue weighted by Gasteiger charge is 2.30. The van der Waals surface area contributed by atoms with Crippen molar-refractivity contribution in [2.24, 2.45) is 11.1 Å². The van der Waals surface area contributed by atoms with Crippen LogP contribution in [0.4, 0.5) is 0 Å². The van der Waals surface area contributed by atoms with Crippen LogP contribution < -0.4 is 5.73 Å². The summed E-state index contributed by atoms with van der Waals surface area (Å²) in [7, 11) is 1.58. The van der Waals surface area contributed by atoms with E-state index in [-0.39, 0.29) is 11.5 Å². The minimum absolute atomic E-state index is 0.159. The van der Waals surface area contributed by atoms with Crippen molar-refractivity contribution in [2.45, 2.75) is 33.0 Å². The zero-order chi connectivity index (χ0) is 9.07. The third kappa shape index (κ3) is 2.77. The van der Waals surface area contributed by atoms with E-state index >= 15 is 0 Å². The summed E-state index contributed by atoms with van der Waals surface area (Å²) in [6.07, 6.45) is -0.661. The lowest BCUT2D eigenvalue weighted by Gasteiger charge is -2.32. The predicted molar refractivity (Wildman–Crippen MR) is 45.3 cm³/mol. The molecule has 0 aliphatic heterocycles. The van der Waals surface area contributed by atoms with Crippen LogP contribution in [-0.2, 0) is 4.74 Å². The number of hydrogen-bond acceptors (Lipinski definition) is 3. The van der Waals surface area contributed by atoms with Gasteiger partial charge in [-0.2, -0.15) is 0 Å². The number of aliphatic hydroxyl groups excluding tert-OH is 1. The van der Waals surface area contributed by atoms with Crippen LogP contribution in [0.3, 0.4) is 0 Å². The molecule has 2 unspecified atom stereocenters. The molecule has 11 heavy (non-hydrogen) atoms. The molecule has 2 atom stereocenters. The number of hydrogen-bond donors (Lipinski definition) is 2. The van der Waals surface area contributed by atoms with E-state index in [1.54, 1.807) is 7.11 Å². The molecule has 0 saturated heterocycles. The number of ether oxygens (including phenoxy) is 1. The number of rotatable bonds is 4. The largest absolute Gasteiger partial charge is 0.390 e. The van der Waals surface area contributed by atoms with Crippen molar-refractivity contribution in [3.05, 3.63) is 0 Å². The molecule has 68 valence electrons. The van der Waals surface area contributed by atoms with E-state index in [0.29, 0.717) is 6.54 Å². The molecule has 0 radical (unpaired) electrons. The summed E-state index contributed by atoms with van der Waals surface area (Å²) in [5.74, 6) is 0. The van der Waals surface area contributed by atoms with E-state index in [2.05, 4.69) is 0 Å². The Morgan fingerprint density at radius 1 is 1.55 bits per heavy atom. The molecular weight excluding hydrogens is 142 g/mol. The minimum Gasteiger partial charge on any atom is -0.390 e. The molecule has 0 bridgehead atoms. The fraction of sp³-hybridized carbons (Fsp3) is 1.00. The highest BCUT2D eigenvalue weighted by molar-refractivity contribution is 4.82. The lowest BCUT2D eigenvalue weighted by molar-refractivity contribution is -0.0583. The zero-order valence-corrected chi connectivity index (χ0v) is 7.79. The van der Waals surface area contributed by atoms with Gasteiger partial charge in [0.25, 0.3) is 0 Å². The molecule has 0 fully saturated rings. The SMILES string of the molecule is COC(C)C(O)C(C)(C)CN. The van der Waals surface area contributed by atoms with Crippen molar-refractivity contribution in [1.29, 1.82) is 0 Å². The first-order valence-electron chi connectivity index (χ1n) is 3.86. The Morgan fingerprint density at radius 2 is 2.00 bits per heavy atom. The number of methoxy groups -OCH3 is 1. The fourth-order valence-electron chi connectivity index (χ4n) is 0.885. The molecule has 0 spiro atoms. The van der Waals surface area contributed by atoms with E-state index in [1.165, 1.54) is 0 Å². The van der Waals surface area contributed by atoms with E-state index in [0.717, 1.165) is 0 Å². The van der Waals surface area contributed by atoms with Crippen LogP contribution in [-0.4, -0.2) is 31.0 Å². The van der Waals surface area contributed by atoms with Gasteiger partial charge in [-0.1, -0.05) is 13.8 Å². The normalized spacial score (nSPS) is 18.0. The van der Waals surface area contributed by atoms with Gasteiger partial charge in [0.05, 0.1) is 12.2 Å². The summed E-state index contributed by atoms with van der Waals surface area (Å²) in [5.41, 5.74) is 5.22. The molecule has 0 aromatic heterocycles. The van der Waals surface area contributed by atoms with E-state index in [9.17, 15) is 5.11 Å². The van der Waals surface area contributed by atoms with Crippen LogP contribution in [0, 0.1) is 5.41 Å². The molecule has 0 aromatic carbocycles. The van der Waals surface area contributed by atoms with Gasteiger partial charge in [0, 0.05) is 12.5 Å². The predicted octanol–water partition coefficient (Wildman–Crippen LogP) is 0.367. The van der Waals surface area contributed by atoms with E-state index in [4.69, 9.17) is 10.5 Å². The minimum atomic E-state index is -0.502. The highest BCUT2D eigenvalue weighted by atomic mass is 16.5. The maximum Gasteiger partial charge on any atom is 0.0861 e. The Balaban J connectivity index is 4.10. The third-order valence-electron chi connectivity index (χ3n) is 2.14. The maximum absolute atomic E-state index is 9.64. The fourth-order valence-corrected chi connectivity index (χ4v) is 0.885. The second-order valence-electron chi connectivity index (χ2n) is 3.58. The van der Waals surface area contributed by atoms with Crippen molar-refractivity contribution in [2.75, 3.05) is 13.7 Å². The molecular formula is C8H19NO2. The van der Waals surface area contributed by atoms with Gasteiger partial charge in [-0.05, 0) is 13.5 Å². The average molecular weight is 161 g/mol. The Kier molecular flexibility index (Phi) is 4.00. The third-order valence-corrected chi connectivity index (χ3v) is 2.14. The van der Waals surface area contributed by atoms with Gasteiger partial charge in [0.15, 0.2) is 0 Å². The first-order chi connectivity index (χ1) is 4.95. The lowest BCUT2D eigenvalue weighted by atomic mass is 9.84. The van der Waals surface area contributed by atoms with Crippen LogP contribution in [0.2, 0.25) is 0 Å². The molecule has 0 saturated carbocycles. The summed E-state index contributed by atoms with van der Waals surface area (Å²) in [4.78, 5) is 0. The summed E-state index contributed by atoms with van der Waals surface area (Å²) in [5, 5.41) is 9.64. The molecule has 3 heteroatoms. The first-order valence-corrected chi connectivity index (χ1v) is 3.86. The van der Waals surface area contributed by atoms with Crippen LogP contribution in [0.25, 0.3) is 0 Å². The molecule has 0 aromatic rings. The maximum atomic E-state index is 9.64. The monoisotopic (exact) mass is 161 g/mol. The molecule has 0 aliphatic carbocycles. The topological polar surface area (TPSA) is 55.5 Å². The van der Waals surface area contributed by atoms with Crippen molar-refractivity contribution in [3.8, 4) is 0 Å². The van der Waals surface area contributed by atoms with Gasteiger partial charge < -0.3 is 15.6 Å². The van der Waals surface area contributed by atoms with Crippen LogP contribution in [0.15, 0.2) is 0 Å². The molecule has 3 N–H and O–H groups in total. The Morgan fingerprint density at radius 3 is 2.27 bits per heavy atom. The van der Waals surface area contributed by atoms with Gasteiger partial charge in [-0.3, -0.25) is 0 Å². The summed E-state index contributed by atoms with van der Waals surface area (Å²) >= 11 is 0. The smallest absolute Gasteiger partial charge is 0.0861 e. The summed E-state index contributed by atoms with van der Waals surface area (Å²) < 4.78 is 4.99. The van der Waals surface area contributed by atoms with E-state index < -0.39 is 6.10 Å². The lowest BCUT2D eigenvalue weighted by Crippen LogP contribution is -2.43. The second-order valence-corrected chi connectivity index (χ2v) is 3.58. The standard InChI is InChI=1S/C8H19NO2/c1-6(11-4)7(10)8(2,3)5-9/h6-7,10H,5,9H2,1-4H3. The van der Waals surface area contributed by atoms with Crippen molar-refractivity contribution < 1.29 is 9.84 Å². The van der Waals surface area contributed by atoms with E-state index in [1.807, 2.05) is 20.8 Å². The van der Waals surface area contributed by atoms with Crippen LogP contribution >= 0.6 is 0 Å². The van der Waals surface area contributed by atoms with Crippen LogP contribution in [0.1, 0.15) is 20.8 Å². The highest BCUT2D eigenvalue weighted by Crippen LogP contribution is 2.22. The van der Waals surface area contributed by atoms with Gasteiger partial charge in [0.2, 0.25) is 0 Å². The second kappa shape index (κ2) is 4.04. The molecule has 0 rings (SSSR count). The molecule has 0 heterocycles. The van der Waals surface area contributed by atoms with Gasteiger partial charge in [0.1, 0.15) is 0 Å². The Labute approximate surface area is 68.5 Å². The quantitative estimate of drug-likeness (QED) is 0.626. The summed E-state index contributed by atoms with van der Waals surface area (Å²) in [6.45, 7) is 6.14. The van der Waals surface area contributed by atoms with Gasteiger partial charge >= 0.3 is 0 Å². The van der Waals surface area contributed by atoms with Gasteiger partial charge in [-0.25, -0.2) is 0 Å². The molecule has 0 aliphatic rings. The van der Waals surface area contributed by atoms with Crippen molar-refractivity contribution in [3.63, 3.8) is 0 Å². The van der Waals surface area contributed by atoms with Crippen LogP contribution in [0.5, 0.6) is 0 Å². The number of nitrogens with two attached hydrogens (primary N) is 1. The molecule has 3 nitrogen and oxygen atoms in total. The Bertz CT molecular complexity index is 115. The van der Waals surface area contributed by atoms with Crippen molar-refractivity contribution in [1.82, 2.24) is 0 Å². The van der Waals surface area contributed by atoms with Gasteiger partial charge in [-0.15, -0.1) is 0 Å².